The lowest BCUT2D eigenvalue weighted by molar-refractivity contribution is -0.0481. The Morgan fingerprint density at radius 3 is 1.35 bits per heavy atom. The Hall–Kier alpha value is -0.380. The third-order valence-corrected chi connectivity index (χ3v) is 7.22. The average Bonchev–Trinajstić information content (AvgIpc) is 3.19. The molecule has 1 rings (SSSR count). The number of likely N-dealkylation sites (tertiary alicyclic amines) is 1. The van der Waals surface area contributed by atoms with Crippen LogP contribution in [0.3, 0.4) is 0 Å². The summed E-state index contributed by atoms with van der Waals surface area (Å²) in [4.78, 5) is 2.36. The van der Waals surface area contributed by atoms with Crippen LogP contribution in [0, 0.1) is 0 Å². The molecule has 0 amide bonds. The third-order valence-electron chi connectivity index (χ3n) is 7.22. The summed E-state index contributed by atoms with van der Waals surface area (Å²) in [5, 5.41) is 0. The SMILES string of the molecule is CCCCCC=CCCCCCCCCCCCO[C@@H]1CN(C)C[C@H]1OCCCCCCCC. The van der Waals surface area contributed by atoms with Crippen molar-refractivity contribution in [2.45, 2.75) is 154 Å². The lowest BCUT2D eigenvalue weighted by Gasteiger charge is -2.20. The van der Waals surface area contributed by atoms with Crippen LogP contribution in [0.1, 0.15) is 142 Å². The number of hydrogen-bond donors (Lipinski definition) is 0. The Morgan fingerprint density at radius 2 is 0.882 bits per heavy atom. The van der Waals surface area contributed by atoms with Crippen LogP contribution in [0.5, 0.6) is 0 Å². The van der Waals surface area contributed by atoms with Gasteiger partial charge in [-0.15, -0.1) is 0 Å². The highest BCUT2D eigenvalue weighted by Crippen LogP contribution is 2.17. The van der Waals surface area contributed by atoms with Crippen LogP contribution >= 0.6 is 0 Å². The van der Waals surface area contributed by atoms with E-state index in [0.29, 0.717) is 0 Å². The number of unbranched alkanes of at least 4 members (excludes halogenated alkanes) is 17. The van der Waals surface area contributed by atoms with Crippen molar-refractivity contribution in [3.63, 3.8) is 0 Å². The van der Waals surface area contributed by atoms with Crippen LogP contribution in [-0.2, 0) is 9.47 Å². The maximum absolute atomic E-state index is 6.24. The van der Waals surface area contributed by atoms with Gasteiger partial charge in [0.2, 0.25) is 0 Å². The molecule has 0 radical (unpaired) electrons. The fraction of sp³-hybridized carbons (Fsp3) is 0.935. The molecule has 0 bridgehead atoms. The average molecular weight is 480 g/mol. The van der Waals surface area contributed by atoms with Crippen molar-refractivity contribution in [3.05, 3.63) is 12.2 Å². The molecular weight excluding hydrogens is 418 g/mol. The van der Waals surface area contributed by atoms with E-state index < -0.39 is 0 Å². The third kappa shape index (κ3) is 18.9. The summed E-state index contributed by atoms with van der Waals surface area (Å²) in [6.07, 6.45) is 32.3. The Kier molecular flexibility index (Phi) is 22.6. The van der Waals surface area contributed by atoms with Gasteiger partial charge in [-0.25, -0.2) is 0 Å². The van der Waals surface area contributed by atoms with Crippen LogP contribution in [0.15, 0.2) is 12.2 Å². The molecule has 0 saturated carbocycles. The second-order valence-electron chi connectivity index (χ2n) is 10.7. The van der Waals surface area contributed by atoms with Gasteiger partial charge < -0.3 is 14.4 Å². The fourth-order valence-corrected chi connectivity index (χ4v) is 4.95. The van der Waals surface area contributed by atoms with Gasteiger partial charge in [-0.2, -0.15) is 0 Å². The van der Waals surface area contributed by atoms with Gasteiger partial charge in [-0.05, 0) is 45.6 Å². The van der Waals surface area contributed by atoms with Crippen LogP contribution < -0.4 is 0 Å². The summed E-state index contributed by atoms with van der Waals surface area (Å²) in [6, 6.07) is 0. The van der Waals surface area contributed by atoms with Gasteiger partial charge in [0.15, 0.2) is 0 Å². The minimum atomic E-state index is 0.274. The van der Waals surface area contributed by atoms with Crippen molar-refractivity contribution in [2.75, 3.05) is 33.4 Å². The normalized spacial score (nSPS) is 19.0. The van der Waals surface area contributed by atoms with E-state index in [1.54, 1.807) is 0 Å². The van der Waals surface area contributed by atoms with Crippen molar-refractivity contribution in [1.82, 2.24) is 4.90 Å². The number of likely N-dealkylation sites (N-methyl/N-ethyl adjacent to an activating group) is 1. The molecule has 0 aliphatic carbocycles. The number of nitrogens with zero attached hydrogens (tertiary/aromatic N) is 1. The molecule has 1 aliphatic heterocycles. The first kappa shape index (κ1) is 31.6. The zero-order chi connectivity index (χ0) is 24.5. The number of rotatable bonds is 25. The summed E-state index contributed by atoms with van der Waals surface area (Å²) < 4.78 is 12.4. The van der Waals surface area contributed by atoms with Crippen LogP contribution in [0.25, 0.3) is 0 Å². The molecule has 1 fully saturated rings. The molecule has 1 heterocycles. The van der Waals surface area contributed by atoms with Crippen LogP contribution in [-0.4, -0.2) is 50.5 Å². The zero-order valence-corrected chi connectivity index (χ0v) is 23.5. The highest BCUT2D eigenvalue weighted by atomic mass is 16.5. The molecule has 0 N–H and O–H groups in total. The monoisotopic (exact) mass is 479 g/mol. The predicted molar refractivity (Wildman–Crippen MR) is 150 cm³/mol. The second-order valence-corrected chi connectivity index (χ2v) is 10.7. The molecule has 0 aromatic heterocycles. The molecule has 2 atom stereocenters. The largest absolute Gasteiger partial charge is 0.374 e. The number of allylic oxidation sites excluding steroid dienone is 2. The first-order valence-corrected chi connectivity index (χ1v) is 15.3. The summed E-state index contributed by atoms with van der Waals surface area (Å²) >= 11 is 0. The summed E-state index contributed by atoms with van der Waals surface area (Å²) in [7, 11) is 2.19. The van der Waals surface area contributed by atoms with Gasteiger partial charge in [-0.3, -0.25) is 0 Å². The molecule has 202 valence electrons. The summed E-state index contributed by atoms with van der Waals surface area (Å²) in [5.41, 5.74) is 0. The van der Waals surface area contributed by atoms with E-state index in [0.717, 1.165) is 26.3 Å². The van der Waals surface area contributed by atoms with Gasteiger partial charge in [0, 0.05) is 26.3 Å². The van der Waals surface area contributed by atoms with Gasteiger partial charge in [0.1, 0.15) is 0 Å². The molecule has 0 spiro atoms. The van der Waals surface area contributed by atoms with Gasteiger partial charge >= 0.3 is 0 Å². The van der Waals surface area contributed by atoms with E-state index in [2.05, 4.69) is 37.9 Å². The molecule has 3 nitrogen and oxygen atoms in total. The molecule has 0 aromatic rings. The van der Waals surface area contributed by atoms with E-state index in [1.165, 1.54) is 128 Å². The molecule has 3 heteroatoms. The smallest absolute Gasteiger partial charge is 0.0975 e. The zero-order valence-electron chi connectivity index (χ0n) is 23.5. The maximum Gasteiger partial charge on any atom is 0.0975 e. The van der Waals surface area contributed by atoms with E-state index in [-0.39, 0.29) is 12.2 Å². The van der Waals surface area contributed by atoms with Crippen molar-refractivity contribution in [3.8, 4) is 0 Å². The summed E-state index contributed by atoms with van der Waals surface area (Å²) in [5.74, 6) is 0. The Morgan fingerprint density at radius 1 is 0.529 bits per heavy atom. The minimum absolute atomic E-state index is 0.274. The van der Waals surface area contributed by atoms with Crippen LogP contribution in [0.4, 0.5) is 0 Å². The van der Waals surface area contributed by atoms with Crippen molar-refractivity contribution >= 4 is 0 Å². The Labute approximate surface area is 214 Å². The molecule has 1 saturated heterocycles. The highest BCUT2D eigenvalue weighted by Gasteiger charge is 2.32. The van der Waals surface area contributed by atoms with E-state index in [9.17, 15) is 0 Å². The Bertz CT molecular complexity index is 439. The molecule has 0 aromatic carbocycles. The van der Waals surface area contributed by atoms with Crippen molar-refractivity contribution < 1.29 is 9.47 Å². The molecular formula is C31H61NO2. The van der Waals surface area contributed by atoms with E-state index in [4.69, 9.17) is 9.47 Å². The quantitative estimate of drug-likeness (QED) is 0.0962. The van der Waals surface area contributed by atoms with Gasteiger partial charge in [-0.1, -0.05) is 116 Å². The number of hydrogen-bond acceptors (Lipinski definition) is 3. The van der Waals surface area contributed by atoms with Crippen molar-refractivity contribution in [2.24, 2.45) is 0 Å². The first-order valence-electron chi connectivity index (χ1n) is 15.3. The molecule has 34 heavy (non-hydrogen) atoms. The van der Waals surface area contributed by atoms with Gasteiger partial charge in [0.25, 0.3) is 0 Å². The van der Waals surface area contributed by atoms with E-state index in [1.807, 2.05) is 0 Å². The topological polar surface area (TPSA) is 21.7 Å². The standard InChI is InChI=1S/C31H61NO2/c1-4-6-8-10-12-13-14-15-16-17-18-19-20-21-23-25-27-34-31-29-32(3)28-30(31)33-26-24-22-11-9-7-5-2/h12-13,30-31H,4-11,14-29H2,1-3H3/t30-,31-/m1/s1. The lowest BCUT2D eigenvalue weighted by Crippen LogP contribution is -2.30. The lowest BCUT2D eigenvalue weighted by atomic mass is 10.1. The van der Waals surface area contributed by atoms with E-state index >= 15 is 0 Å². The predicted octanol–water partition coefficient (Wildman–Crippen LogP) is 9.10. The maximum atomic E-state index is 6.24. The van der Waals surface area contributed by atoms with Gasteiger partial charge in [0.05, 0.1) is 12.2 Å². The second kappa shape index (κ2) is 24.3. The highest BCUT2D eigenvalue weighted by molar-refractivity contribution is 4.84. The van der Waals surface area contributed by atoms with Crippen LogP contribution in [0.2, 0.25) is 0 Å². The summed E-state index contributed by atoms with van der Waals surface area (Å²) in [6.45, 7) is 8.40. The first-order chi connectivity index (χ1) is 16.8. The number of ether oxygens (including phenoxy) is 2. The molecule has 0 unspecified atom stereocenters. The minimum Gasteiger partial charge on any atom is -0.374 e. The fourth-order valence-electron chi connectivity index (χ4n) is 4.95. The van der Waals surface area contributed by atoms with Crippen molar-refractivity contribution in [1.29, 1.82) is 0 Å². The molecule has 1 aliphatic rings. The Balaban J connectivity index is 1.87.